The van der Waals surface area contributed by atoms with Crippen molar-refractivity contribution >= 4 is 11.6 Å². The van der Waals surface area contributed by atoms with Crippen LogP contribution in [0.3, 0.4) is 0 Å². The minimum Gasteiger partial charge on any atom is -0.360 e. The van der Waals surface area contributed by atoms with Crippen LogP contribution in [-0.2, 0) is 11.3 Å². The predicted octanol–water partition coefficient (Wildman–Crippen LogP) is 2.46. The van der Waals surface area contributed by atoms with Gasteiger partial charge in [-0.3, -0.25) is 9.59 Å². The highest BCUT2D eigenvalue weighted by Gasteiger charge is 2.40. The largest absolute Gasteiger partial charge is 0.360 e. The molecule has 2 fully saturated rings. The van der Waals surface area contributed by atoms with E-state index in [-0.39, 0.29) is 23.4 Å². The van der Waals surface area contributed by atoms with E-state index in [9.17, 15) is 9.59 Å². The highest BCUT2D eigenvalue weighted by molar-refractivity contribution is 5.86. The summed E-state index contributed by atoms with van der Waals surface area (Å²) in [6, 6.07) is 15.8. The summed E-state index contributed by atoms with van der Waals surface area (Å²) in [5.74, 6) is 0.923. The van der Waals surface area contributed by atoms with E-state index in [0.29, 0.717) is 5.92 Å². The number of para-hydroxylation sites is 1. The molecule has 5 nitrogen and oxygen atoms in total. The van der Waals surface area contributed by atoms with E-state index in [4.69, 9.17) is 0 Å². The second-order valence-electron chi connectivity index (χ2n) is 8.13. The molecular formula is C22H25N3O2. The number of pyridine rings is 1. The molecule has 1 unspecified atom stereocenters. The highest BCUT2D eigenvalue weighted by atomic mass is 16.2. The van der Waals surface area contributed by atoms with Gasteiger partial charge in [0.05, 0.1) is 0 Å². The van der Waals surface area contributed by atoms with Crippen molar-refractivity contribution in [1.29, 1.82) is 0 Å². The topological polar surface area (TPSA) is 45.6 Å². The third-order valence-electron chi connectivity index (χ3n) is 6.42. The van der Waals surface area contributed by atoms with Crippen molar-refractivity contribution in [1.82, 2.24) is 9.47 Å². The Morgan fingerprint density at radius 1 is 0.963 bits per heavy atom. The maximum absolute atomic E-state index is 13.4. The maximum Gasteiger partial charge on any atom is 0.250 e. The van der Waals surface area contributed by atoms with Crippen LogP contribution in [0, 0.1) is 5.92 Å². The summed E-state index contributed by atoms with van der Waals surface area (Å²) in [5, 5.41) is 0. The number of piperidine rings is 1. The second kappa shape index (κ2) is 6.55. The summed E-state index contributed by atoms with van der Waals surface area (Å²) in [6.45, 7) is 3.19. The summed E-state index contributed by atoms with van der Waals surface area (Å²) < 4.78 is 1.92. The quantitative estimate of drug-likeness (QED) is 0.823. The van der Waals surface area contributed by atoms with Gasteiger partial charge < -0.3 is 14.4 Å². The average molecular weight is 363 g/mol. The van der Waals surface area contributed by atoms with Crippen LogP contribution in [0.25, 0.3) is 0 Å². The number of hydrogen-bond donors (Lipinski definition) is 0. The highest BCUT2D eigenvalue weighted by Crippen LogP contribution is 2.36. The first-order chi connectivity index (χ1) is 13.2. The molecule has 4 heterocycles. The summed E-state index contributed by atoms with van der Waals surface area (Å²) in [6.07, 6.45) is 3.07. The van der Waals surface area contributed by atoms with Crippen LogP contribution in [0.1, 0.15) is 30.9 Å². The molecule has 0 spiro atoms. The molecule has 1 amide bonds. The van der Waals surface area contributed by atoms with Gasteiger partial charge in [-0.05, 0) is 43.4 Å². The number of carbonyl (C=O) groups is 1. The van der Waals surface area contributed by atoms with E-state index in [2.05, 4.69) is 28.0 Å². The Balaban J connectivity index is 1.38. The van der Waals surface area contributed by atoms with Crippen LogP contribution < -0.4 is 10.5 Å². The van der Waals surface area contributed by atoms with E-state index >= 15 is 0 Å². The van der Waals surface area contributed by atoms with Crippen LogP contribution in [0.4, 0.5) is 5.69 Å². The van der Waals surface area contributed by atoms with Gasteiger partial charge in [-0.1, -0.05) is 24.3 Å². The molecule has 0 saturated carbocycles. The second-order valence-corrected chi connectivity index (χ2v) is 8.13. The number of carbonyl (C=O) groups excluding carboxylic acids is 1. The summed E-state index contributed by atoms with van der Waals surface area (Å²) >= 11 is 0. The fraction of sp³-hybridized carbons (Fsp3) is 0.455. The number of hydrogen-bond acceptors (Lipinski definition) is 3. The number of likely N-dealkylation sites (tertiary alicyclic amines) is 1. The fourth-order valence-corrected chi connectivity index (χ4v) is 5.24. The molecular weight excluding hydrogens is 338 g/mol. The average Bonchev–Trinajstić information content (AvgIpc) is 3.19. The van der Waals surface area contributed by atoms with Gasteiger partial charge in [-0.25, -0.2) is 0 Å². The molecule has 5 rings (SSSR count). The smallest absolute Gasteiger partial charge is 0.250 e. The zero-order valence-corrected chi connectivity index (χ0v) is 15.5. The summed E-state index contributed by atoms with van der Waals surface area (Å²) in [5.41, 5.74) is 2.33. The standard InChI is InChI=1S/C22H25N3O2/c26-21-10-4-8-19-17-12-16(14-25(19)21)13-23(15-17)22(27)20-9-5-11-24(20)18-6-2-1-3-7-18/h1-4,6-8,10,16-17,20H,5,9,11-15H2/t16-,17+,20?/m0/s1. The SMILES string of the molecule is O=C(C1CCCN1c1ccccc1)N1C[C@@H]2C[C@H](C1)c1cccc(=O)n1C2. The van der Waals surface area contributed by atoms with E-state index in [1.807, 2.05) is 28.8 Å². The fourth-order valence-electron chi connectivity index (χ4n) is 5.24. The number of aromatic nitrogens is 1. The first kappa shape index (κ1) is 16.6. The molecule has 0 N–H and O–H groups in total. The normalized spacial score (nSPS) is 26.7. The van der Waals surface area contributed by atoms with E-state index in [0.717, 1.165) is 56.8 Å². The van der Waals surface area contributed by atoms with Gasteiger partial charge in [0.1, 0.15) is 6.04 Å². The van der Waals surface area contributed by atoms with Crippen molar-refractivity contribution in [2.75, 3.05) is 24.5 Å². The Bertz CT molecular complexity index is 907. The molecule has 1 aromatic heterocycles. The number of nitrogens with zero attached hydrogens (tertiary/aromatic N) is 3. The van der Waals surface area contributed by atoms with Crippen LogP contribution in [0.2, 0.25) is 0 Å². The van der Waals surface area contributed by atoms with E-state index < -0.39 is 0 Å². The first-order valence-electron chi connectivity index (χ1n) is 10.0. The monoisotopic (exact) mass is 363 g/mol. The molecule has 1 aromatic carbocycles. The lowest BCUT2D eigenvalue weighted by Crippen LogP contribution is -2.53. The van der Waals surface area contributed by atoms with Crippen molar-refractivity contribution in [3.8, 4) is 0 Å². The van der Waals surface area contributed by atoms with Crippen LogP contribution in [0.5, 0.6) is 0 Å². The Labute approximate surface area is 159 Å². The minimum absolute atomic E-state index is 0.0517. The molecule has 2 bridgehead atoms. The molecule has 5 heteroatoms. The van der Waals surface area contributed by atoms with Gasteiger partial charge in [0, 0.05) is 49.5 Å². The molecule has 3 atom stereocenters. The zero-order valence-electron chi connectivity index (χ0n) is 15.5. The Morgan fingerprint density at radius 3 is 2.67 bits per heavy atom. The zero-order chi connectivity index (χ0) is 18.4. The van der Waals surface area contributed by atoms with Gasteiger partial charge in [0.2, 0.25) is 5.91 Å². The number of rotatable bonds is 2. The molecule has 2 aromatic rings. The summed E-state index contributed by atoms with van der Waals surface area (Å²) in [4.78, 5) is 29.9. The lowest BCUT2D eigenvalue weighted by atomic mass is 9.83. The number of fused-ring (bicyclic) bond motifs is 4. The van der Waals surface area contributed by atoms with Crippen LogP contribution >= 0.6 is 0 Å². The summed E-state index contributed by atoms with van der Waals surface area (Å²) in [7, 11) is 0. The molecule has 0 radical (unpaired) electrons. The van der Waals surface area contributed by atoms with Gasteiger partial charge >= 0.3 is 0 Å². The molecule has 140 valence electrons. The Morgan fingerprint density at radius 2 is 1.81 bits per heavy atom. The third kappa shape index (κ3) is 2.85. The Hall–Kier alpha value is -2.56. The van der Waals surface area contributed by atoms with Gasteiger partial charge in [0.25, 0.3) is 5.56 Å². The Kier molecular flexibility index (Phi) is 4.03. The number of anilines is 1. The predicted molar refractivity (Wildman–Crippen MR) is 105 cm³/mol. The minimum atomic E-state index is -0.0517. The van der Waals surface area contributed by atoms with Gasteiger partial charge in [-0.2, -0.15) is 0 Å². The van der Waals surface area contributed by atoms with Crippen molar-refractivity contribution in [2.24, 2.45) is 5.92 Å². The lowest BCUT2D eigenvalue weighted by Gasteiger charge is -2.44. The molecule has 2 saturated heterocycles. The van der Waals surface area contributed by atoms with E-state index in [1.165, 1.54) is 0 Å². The molecule has 3 aliphatic heterocycles. The molecule has 27 heavy (non-hydrogen) atoms. The molecule has 3 aliphatic rings. The van der Waals surface area contributed by atoms with Crippen molar-refractivity contribution in [3.63, 3.8) is 0 Å². The third-order valence-corrected chi connectivity index (χ3v) is 6.42. The van der Waals surface area contributed by atoms with Crippen LogP contribution in [0.15, 0.2) is 53.3 Å². The van der Waals surface area contributed by atoms with E-state index in [1.54, 1.807) is 6.07 Å². The maximum atomic E-state index is 13.4. The first-order valence-corrected chi connectivity index (χ1v) is 10.0. The lowest BCUT2D eigenvalue weighted by molar-refractivity contribution is -0.135. The van der Waals surface area contributed by atoms with Crippen molar-refractivity contribution in [3.05, 3.63) is 64.6 Å². The van der Waals surface area contributed by atoms with Crippen molar-refractivity contribution < 1.29 is 4.79 Å². The van der Waals surface area contributed by atoms with Gasteiger partial charge in [-0.15, -0.1) is 0 Å². The molecule has 0 aliphatic carbocycles. The van der Waals surface area contributed by atoms with Crippen molar-refractivity contribution in [2.45, 2.75) is 37.8 Å². The van der Waals surface area contributed by atoms with Crippen LogP contribution in [-0.4, -0.2) is 41.1 Å². The number of benzene rings is 1. The number of amides is 1. The van der Waals surface area contributed by atoms with Gasteiger partial charge in [0.15, 0.2) is 0 Å².